The second-order valence-electron chi connectivity index (χ2n) is 5.47. The van der Waals surface area contributed by atoms with Crippen molar-refractivity contribution >= 4 is 17.3 Å². The standard InChI is InChI=1S/C16H14N4O4/c1-16(19-17-12-7-9-13(10-8-12)20(22)23)14(18-24-15(16)21)11-5-3-2-4-6-11/h2-10,14,18H,1H3. The molecule has 0 aliphatic carbocycles. The number of hydroxylamine groups is 1. The lowest BCUT2D eigenvalue weighted by Crippen LogP contribution is -2.35. The van der Waals surface area contributed by atoms with Gasteiger partial charge < -0.3 is 4.84 Å². The summed E-state index contributed by atoms with van der Waals surface area (Å²) >= 11 is 0. The van der Waals surface area contributed by atoms with Gasteiger partial charge in [0.15, 0.2) is 5.54 Å². The molecular formula is C16H14N4O4. The number of nitrogens with zero attached hydrogens (tertiary/aromatic N) is 3. The Morgan fingerprint density at radius 2 is 1.83 bits per heavy atom. The SMILES string of the molecule is CC1(N=Nc2ccc([N+](=O)[O-])cc2)C(=O)ONC1c1ccccc1. The van der Waals surface area contributed by atoms with E-state index in [-0.39, 0.29) is 5.69 Å². The Hall–Kier alpha value is -3.13. The molecule has 0 amide bonds. The molecule has 0 radical (unpaired) electrons. The maximum absolute atomic E-state index is 12.1. The lowest BCUT2D eigenvalue weighted by Gasteiger charge is -2.20. The van der Waals surface area contributed by atoms with Crippen LogP contribution in [0.1, 0.15) is 18.5 Å². The van der Waals surface area contributed by atoms with E-state index in [0.29, 0.717) is 5.69 Å². The Balaban J connectivity index is 1.87. The highest BCUT2D eigenvalue weighted by Gasteiger charge is 2.50. The Bertz CT molecular complexity index is 791. The van der Waals surface area contributed by atoms with Gasteiger partial charge in [0.05, 0.1) is 10.6 Å². The van der Waals surface area contributed by atoms with E-state index in [1.54, 1.807) is 6.92 Å². The van der Waals surface area contributed by atoms with E-state index in [2.05, 4.69) is 15.7 Å². The molecule has 122 valence electrons. The summed E-state index contributed by atoms with van der Waals surface area (Å²) in [6, 6.07) is 14.4. The van der Waals surface area contributed by atoms with Gasteiger partial charge in [-0.2, -0.15) is 10.2 Å². The summed E-state index contributed by atoms with van der Waals surface area (Å²) < 4.78 is 0. The molecule has 1 saturated heterocycles. The molecule has 1 heterocycles. The lowest BCUT2D eigenvalue weighted by molar-refractivity contribution is -0.384. The smallest absolute Gasteiger partial charge is 0.356 e. The van der Waals surface area contributed by atoms with Crippen molar-refractivity contribution in [2.75, 3.05) is 0 Å². The lowest BCUT2D eigenvalue weighted by atomic mass is 9.89. The summed E-state index contributed by atoms with van der Waals surface area (Å²) in [5, 5.41) is 18.9. The second-order valence-corrected chi connectivity index (χ2v) is 5.47. The minimum atomic E-state index is -1.23. The number of non-ortho nitro benzene ring substituents is 1. The van der Waals surface area contributed by atoms with E-state index in [1.165, 1.54) is 24.3 Å². The molecule has 2 aromatic carbocycles. The van der Waals surface area contributed by atoms with Gasteiger partial charge in [-0.1, -0.05) is 30.3 Å². The van der Waals surface area contributed by atoms with E-state index in [1.807, 2.05) is 30.3 Å². The van der Waals surface area contributed by atoms with E-state index in [4.69, 9.17) is 4.84 Å². The third kappa shape index (κ3) is 2.86. The van der Waals surface area contributed by atoms with Crippen LogP contribution < -0.4 is 5.48 Å². The number of nitro benzene ring substituents is 1. The molecule has 3 rings (SSSR count). The van der Waals surface area contributed by atoms with Crippen LogP contribution in [0.3, 0.4) is 0 Å². The van der Waals surface area contributed by atoms with Crippen LogP contribution in [0.4, 0.5) is 11.4 Å². The quantitative estimate of drug-likeness (QED) is 0.527. The van der Waals surface area contributed by atoms with Gasteiger partial charge >= 0.3 is 5.97 Å². The fourth-order valence-electron chi connectivity index (χ4n) is 2.39. The van der Waals surface area contributed by atoms with Crippen molar-refractivity contribution in [2.45, 2.75) is 18.5 Å². The van der Waals surface area contributed by atoms with E-state index in [9.17, 15) is 14.9 Å². The van der Waals surface area contributed by atoms with Crippen molar-refractivity contribution in [3.63, 3.8) is 0 Å². The first-order chi connectivity index (χ1) is 11.5. The zero-order valence-electron chi connectivity index (χ0n) is 12.7. The monoisotopic (exact) mass is 326 g/mol. The van der Waals surface area contributed by atoms with Gasteiger partial charge in [0.1, 0.15) is 6.04 Å². The number of carbonyl (C=O) groups is 1. The van der Waals surface area contributed by atoms with Crippen molar-refractivity contribution in [2.24, 2.45) is 10.2 Å². The molecule has 24 heavy (non-hydrogen) atoms. The number of carbonyl (C=O) groups excluding carboxylic acids is 1. The molecule has 2 atom stereocenters. The zero-order chi connectivity index (χ0) is 17.2. The highest BCUT2D eigenvalue weighted by Crippen LogP contribution is 2.36. The van der Waals surface area contributed by atoms with Crippen LogP contribution >= 0.6 is 0 Å². The molecule has 1 aliphatic heterocycles. The number of hydrogen-bond donors (Lipinski definition) is 1. The highest BCUT2D eigenvalue weighted by molar-refractivity contribution is 5.83. The maximum Gasteiger partial charge on any atom is 0.356 e. The molecule has 0 aromatic heterocycles. The van der Waals surface area contributed by atoms with Gasteiger partial charge in [0.2, 0.25) is 0 Å². The first kappa shape index (κ1) is 15.8. The summed E-state index contributed by atoms with van der Waals surface area (Å²) in [4.78, 5) is 27.2. The molecule has 8 nitrogen and oxygen atoms in total. The average Bonchev–Trinajstić information content (AvgIpc) is 2.90. The van der Waals surface area contributed by atoms with Gasteiger partial charge in [-0.05, 0) is 24.6 Å². The van der Waals surface area contributed by atoms with E-state index < -0.39 is 22.5 Å². The first-order valence-electron chi connectivity index (χ1n) is 7.20. The highest BCUT2D eigenvalue weighted by atomic mass is 16.7. The van der Waals surface area contributed by atoms with Crippen LogP contribution in [0.2, 0.25) is 0 Å². The molecule has 8 heteroatoms. The van der Waals surface area contributed by atoms with Crippen LogP contribution in [0.25, 0.3) is 0 Å². The molecule has 1 aliphatic rings. The summed E-state index contributed by atoms with van der Waals surface area (Å²) in [7, 11) is 0. The topological polar surface area (TPSA) is 106 Å². The van der Waals surface area contributed by atoms with Gasteiger partial charge in [-0.15, -0.1) is 5.48 Å². The molecule has 0 saturated carbocycles. The number of azo groups is 1. The van der Waals surface area contributed by atoms with Crippen LogP contribution in [-0.2, 0) is 9.63 Å². The Kier molecular flexibility index (Phi) is 4.05. The molecule has 2 unspecified atom stereocenters. The van der Waals surface area contributed by atoms with Crippen LogP contribution in [0, 0.1) is 10.1 Å². The third-order valence-electron chi connectivity index (χ3n) is 3.81. The van der Waals surface area contributed by atoms with Gasteiger partial charge in [-0.3, -0.25) is 10.1 Å². The Morgan fingerprint density at radius 3 is 2.46 bits per heavy atom. The summed E-state index contributed by atoms with van der Waals surface area (Å²) in [5.41, 5.74) is 2.66. The molecular weight excluding hydrogens is 312 g/mol. The molecule has 0 bridgehead atoms. The minimum absolute atomic E-state index is 0.0377. The number of benzene rings is 2. The maximum atomic E-state index is 12.1. The van der Waals surface area contributed by atoms with Crippen molar-refractivity contribution in [1.82, 2.24) is 5.48 Å². The zero-order valence-corrected chi connectivity index (χ0v) is 12.7. The van der Waals surface area contributed by atoms with Crippen LogP contribution in [-0.4, -0.2) is 16.4 Å². The fraction of sp³-hybridized carbons (Fsp3) is 0.188. The summed E-state index contributed by atoms with van der Waals surface area (Å²) in [6.07, 6.45) is 0. The van der Waals surface area contributed by atoms with Crippen molar-refractivity contribution in [3.8, 4) is 0 Å². The molecule has 2 aromatic rings. The normalized spacial score (nSPS) is 23.4. The largest absolute Gasteiger partial charge is 0.368 e. The van der Waals surface area contributed by atoms with E-state index in [0.717, 1.165) is 5.56 Å². The van der Waals surface area contributed by atoms with Crippen molar-refractivity contribution in [1.29, 1.82) is 0 Å². The number of nitrogens with one attached hydrogen (secondary N) is 1. The number of rotatable bonds is 4. The number of nitro groups is 1. The minimum Gasteiger partial charge on any atom is -0.368 e. The molecule has 1 N–H and O–H groups in total. The Morgan fingerprint density at radius 1 is 1.17 bits per heavy atom. The van der Waals surface area contributed by atoms with Crippen LogP contribution in [0.5, 0.6) is 0 Å². The van der Waals surface area contributed by atoms with Crippen LogP contribution in [0.15, 0.2) is 64.8 Å². The van der Waals surface area contributed by atoms with Gasteiger partial charge in [0.25, 0.3) is 5.69 Å². The first-order valence-corrected chi connectivity index (χ1v) is 7.20. The second kappa shape index (κ2) is 6.17. The van der Waals surface area contributed by atoms with Crippen molar-refractivity contribution in [3.05, 3.63) is 70.3 Å². The van der Waals surface area contributed by atoms with Gasteiger partial charge in [0, 0.05) is 12.1 Å². The van der Waals surface area contributed by atoms with E-state index >= 15 is 0 Å². The molecule has 1 fully saturated rings. The Labute approximate surface area is 137 Å². The van der Waals surface area contributed by atoms with Crippen molar-refractivity contribution < 1.29 is 14.6 Å². The average molecular weight is 326 g/mol. The van der Waals surface area contributed by atoms with Gasteiger partial charge in [-0.25, -0.2) is 4.79 Å². The summed E-state index contributed by atoms with van der Waals surface area (Å²) in [5.74, 6) is -0.540. The molecule has 0 spiro atoms. The third-order valence-corrected chi connectivity index (χ3v) is 3.81. The number of hydrogen-bond acceptors (Lipinski definition) is 7. The predicted octanol–water partition coefficient (Wildman–Crippen LogP) is 3.24. The fourth-order valence-corrected chi connectivity index (χ4v) is 2.39. The summed E-state index contributed by atoms with van der Waals surface area (Å²) in [6.45, 7) is 1.63. The predicted molar refractivity (Wildman–Crippen MR) is 84.4 cm³/mol.